The average molecular weight is 506 g/mol. The molecule has 0 aliphatic heterocycles. The van der Waals surface area contributed by atoms with E-state index in [-0.39, 0.29) is 11.6 Å². The van der Waals surface area contributed by atoms with E-state index in [2.05, 4.69) is 31.9 Å². The number of thiophene rings is 2. The van der Waals surface area contributed by atoms with Gasteiger partial charge in [-0.25, -0.2) is 0 Å². The summed E-state index contributed by atoms with van der Waals surface area (Å²) in [4.78, 5) is 26.9. The predicted molar refractivity (Wildman–Crippen MR) is 115 cm³/mol. The Bertz CT molecular complexity index is 1040. The number of hydrogen-bond acceptors (Lipinski definition) is 4. The van der Waals surface area contributed by atoms with Crippen molar-refractivity contribution in [1.82, 2.24) is 0 Å². The summed E-state index contributed by atoms with van der Waals surface area (Å²) in [5.74, 6) is -0.0394. The van der Waals surface area contributed by atoms with Crippen LogP contribution in [-0.2, 0) is 0 Å². The van der Waals surface area contributed by atoms with E-state index in [1.807, 2.05) is 60.7 Å². The van der Waals surface area contributed by atoms with Gasteiger partial charge < -0.3 is 0 Å². The molecule has 128 valence electrons. The van der Waals surface area contributed by atoms with Gasteiger partial charge in [0.05, 0.1) is 28.1 Å². The van der Waals surface area contributed by atoms with Gasteiger partial charge in [-0.15, -0.1) is 22.7 Å². The summed E-state index contributed by atoms with van der Waals surface area (Å²) >= 11 is 9.94. The van der Waals surface area contributed by atoms with Crippen molar-refractivity contribution < 1.29 is 9.59 Å². The second-order valence-corrected chi connectivity index (χ2v) is 9.17. The fraction of sp³-hybridized carbons (Fsp3) is 0. The number of carbonyl (C=O) groups excluding carboxylic acids is 2. The van der Waals surface area contributed by atoms with Gasteiger partial charge in [0.1, 0.15) is 0 Å². The molecule has 0 radical (unpaired) electrons. The number of carbonyl (C=O) groups is 2. The van der Waals surface area contributed by atoms with E-state index < -0.39 is 0 Å². The zero-order valence-electron chi connectivity index (χ0n) is 13.2. The SMILES string of the molecule is O=C(c1ccccc1)c1sc2c(Br)c(C(=O)c3ccccc3)sc2c1Br. The lowest BCUT2D eigenvalue weighted by molar-refractivity contribution is 0.103. The van der Waals surface area contributed by atoms with Crippen molar-refractivity contribution in [2.45, 2.75) is 0 Å². The Hall–Kier alpha value is -1.60. The second-order valence-electron chi connectivity index (χ2n) is 5.54. The Morgan fingerprint density at radius 3 is 1.31 bits per heavy atom. The summed E-state index contributed by atoms with van der Waals surface area (Å²) in [6, 6.07) is 18.4. The smallest absolute Gasteiger partial charge is 0.204 e. The van der Waals surface area contributed by atoms with E-state index in [4.69, 9.17) is 0 Å². The Kier molecular flexibility index (Phi) is 4.92. The molecule has 4 rings (SSSR count). The first kappa shape index (κ1) is 17.8. The first-order valence-electron chi connectivity index (χ1n) is 7.67. The molecule has 0 amide bonds. The summed E-state index contributed by atoms with van der Waals surface area (Å²) in [6.45, 7) is 0. The van der Waals surface area contributed by atoms with Gasteiger partial charge >= 0.3 is 0 Å². The number of rotatable bonds is 4. The van der Waals surface area contributed by atoms with Gasteiger partial charge in [-0.2, -0.15) is 0 Å². The van der Waals surface area contributed by atoms with Crippen molar-refractivity contribution in [3.05, 3.63) is 90.5 Å². The quantitative estimate of drug-likeness (QED) is 0.281. The number of fused-ring (bicyclic) bond motifs is 1. The molecule has 2 aromatic carbocycles. The molecule has 2 nitrogen and oxygen atoms in total. The van der Waals surface area contributed by atoms with E-state index in [0.29, 0.717) is 20.9 Å². The molecule has 6 heteroatoms. The van der Waals surface area contributed by atoms with Gasteiger partial charge in [0.25, 0.3) is 0 Å². The maximum atomic E-state index is 12.8. The lowest BCUT2D eigenvalue weighted by atomic mass is 10.1. The molecule has 2 aromatic heterocycles. The zero-order valence-corrected chi connectivity index (χ0v) is 18.0. The third-order valence-corrected chi connectivity index (χ3v) is 9.07. The maximum absolute atomic E-state index is 12.8. The van der Waals surface area contributed by atoms with Gasteiger partial charge in [-0.05, 0) is 31.9 Å². The lowest BCUT2D eigenvalue weighted by Gasteiger charge is -2.00. The van der Waals surface area contributed by atoms with Crippen molar-refractivity contribution in [3.8, 4) is 0 Å². The first-order chi connectivity index (χ1) is 12.6. The molecule has 0 spiro atoms. The van der Waals surface area contributed by atoms with Crippen LogP contribution in [-0.4, -0.2) is 11.6 Å². The van der Waals surface area contributed by atoms with Crippen LogP contribution >= 0.6 is 54.5 Å². The summed E-state index contributed by atoms with van der Waals surface area (Å²) < 4.78 is 3.34. The van der Waals surface area contributed by atoms with Crippen molar-refractivity contribution in [3.63, 3.8) is 0 Å². The molecule has 0 N–H and O–H groups in total. The fourth-order valence-electron chi connectivity index (χ4n) is 2.61. The van der Waals surface area contributed by atoms with Gasteiger partial charge in [-0.1, -0.05) is 60.7 Å². The third-order valence-electron chi connectivity index (χ3n) is 3.90. The number of ketones is 2. The van der Waals surface area contributed by atoms with Gasteiger partial charge in [0, 0.05) is 11.1 Å². The van der Waals surface area contributed by atoms with Gasteiger partial charge in [0.15, 0.2) is 0 Å². The molecule has 0 bridgehead atoms. The standard InChI is InChI=1S/C20H10Br2O2S2/c21-13-17(15(23)11-7-3-1-4-8-11)25-20-14(22)18(26-19(13)20)16(24)12-9-5-2-6-10-12/h1-10H. The second kappa shape index (κ2) is 7.19. The van der Waals surface area contributed by atoms with Crippen LogP contribution in [0.15, 0.2) is 69.6 Å². The molecule has 0 aliphatic carbocycles. The van der Waals surface area contributed by atoms with Crippen LogP contribution in [0.5, 0.6) is 0 Å². The number of benzene rings is 2. The number of halogens is 2. The molecule has 0 unspecified atom stereocenters. The summed E-state index contributed by atoms with van der Waals surface area (Å²) in [6.07, 6.45) is 0. The monoisotopic (exact) mass is 504 g/mol. The van der Waals surface area contributed by atoms with Crippen LogP contribution < -0.4 is 0 Å². The lowest BCUT2D eigenvalue weighted by Crippen LogP contribution is -1.99. The highest BCUT2D eigenvalue weighted by atomic mass is 79.9. The highest BCUT2D eigenvalue weighted by molar-refractivity contribution is 9.11. The van der Waals surface area contributed by atoms with Crippen LogP contribution in [0.25, 0.3) is 9.40 Å². The van der Waals surface area contributed by atoms with Crippen LogP contribution in [0.4, 0.5) is 0 Å². The molecule has 0 aliphatic rings. The largest absolute Gasteiger partial charge is 0.288 e. The van der Waals surface area contributed by atoms with Gasteiger partial charge in [0.2, 0.25) is 11.6 Å². The molecule has 26 heavy (non-hydrogen) atoms. The average Bonchev–Trinajstić information content (AvgIpc) is 3.19. The Morgan fingerprint density at radius 2 is 0.962 bits per heavy atom. The Labute approximate surface area is 174 Å². The van der Waals surface area contributed by atoms with E-state index >= 15 is 0 Å². The maximum Gasteiger partial charge on any atom is 0.204 e. The first-order valence-corrected chi connectivity index (χ1v) is 10.9. The normalized spacial score (nSPS) is 11.0. The highest BCUT2D eigenvalue weighted by Crippen LogP contribution is 2.47. The van der Waals surface area contributed by atoms with Crippen molar-refractivity contribution >= 4 is 75.5 Å². The molecule has 0 fully saturated rings. The topological polar surface area (TPSA) is 34.1 Å². The minimum Gasteiger partial charge on any atom is -0.288 e. The predicted octanol–water partition coefficient (Wildman–Crippen LogP) is 6.95. The Morgan fingerprint density at radius 1 is 0.615 bits per heavy atom. The van der Waals surface area contributed by atoms with Crippen LogP contribution in [0, 0.1) is 0 Å². The number of hydrogen-bond donors (Lipinski definition) is 0. The van der Waals surface area contributed by atoms with Crippen LogP contribution in [0.1, 0.15) is 30.5 Å². The van der Waals surface area contributed by atoms with Crippen molar-refractivity contribution in [2.24, 2.45) is 0 Å². The summed E-state index contributed by atoms with van der Waals surface area (Å²) in [5.41, 5.74) is 1.30. The molecular weight excluding hydrogens is 496 g/mol. The Balaban J connectivity index is 1.79. The molecule has 0 atom stereocenters. The fourth-order valence-corrected chi connectivity index (χ4v) is 6.97. The molecule has 4 aromatic rings. The minimum absolute atomic E-state index is 0.0197. The van der Waals surface area contributed by atoms with E-state index in [1.165, 1.54) is 22.7 Å². The highest BCUT2D eigenvalue weighted by Gasteiger charge is 2.25. The van der Waals surface area contributed by atoms with E-state index in [9.17, 15) is 9.59 Å². The zero-order chi connectivity index (χ0) is 18.3. The summed E-state index contributed by atoms with van der Waals surface area (Å²) in [5, 5.41) is 0. The molecule has 2 heterocycles. The van der Waals surface area contributed by atoms with Crippen LogP contribution in [0.3, 0.4) is 0 Å². The van der Waals surface area contributed by atoms with E-state index in [0.717, 1.165) is 18.3 Å². The molecule has 0 saturated carbocycles. The summed E-state index contributed by atoms with van der Waals surface area (Å²) in [7, 11) is 0. The van der Waals surface area contributed by atoms with Crippen LogP contribution in [0.2, 0.25) is 0 Å². The minimum atomic E-state index is -0.0197. The van der Waals surface area contributed by atoms with Gasteiger partial charge in [-0.3, -0.25) is 9.59 Å². The molecular formula is C20H10Br2O2S2. The van der Waals surface area contributed by atoms with Crippen molar-refractivity contribution in [1.29, 1.82) is 0 Å². The van der Waals surface area contributed by atoms with E-state index in [1.54, 1.807) is 0 Å². The molecule has 0 saturated heterocycles. The van der Waals surface area contributed by atoms with Crippen molar-refractivity contribution in [2.75, 3.05) is 0 Å². The third kappa shape index (κ3) is 3.01.